The molecule has 2 heterocycles. The van der Waals surface area contributed by atoms with Gasteiger partial charge in [0, 0.05) is 18.8 Å². The number of nitrogens with zero attached hydrogens (tertiary/aromatic N) is 3. The van der Waals surface area contributed by atoms with Gasteiger partial charge < -0.3 is 10.3 Å². The highest BCUT2D eigenvalue weighted by molar-refractivity contribution is 7.89. The van der Waals surface area contributed by atoms with Gasteiger partial charge >= 0.3 is 0 Å². The molecule has 2 aromatic rings. The molecule has 0 spiro atoms. The second-order valence-corrected chi connectivity index (χ2v) is 5.72. The zero-order valence-corrected chi connectivity index (χ0v) is 11.4. The summed E-state index contributed by atoms with van der Waals surface area (Å²) < 4.78 is 32.8. The van der Waals surface area contributed by atoms with E-state index in [2.05, 4.69) is 15.0 Å². The average molecular weight is 285 g/mol. The zero-order chi connectivity index (χ0) is 14.0. The number of aromatic nitrogens is 3. The van der Waals surface area contributed by atoms with Crippen LogP contribution < -0.4 is 10.5 Å². The van der Waals surface area contributed by atoms with Crippen molar-refractivity contribution in [3.05, 3.63) is 23.7 Å². The van der Waals surface area contributed by atoms with Crippen LogP contribution in [0.3, 0.4) is 0 Å². The molecule has 0 aliphatic rings. The van der Waals surface area contributed by atoms with Gasteiger partial charge in [-0.15, -0.1) is 0 Å². The Morgan fingerprint density at radius 1 is 1.53 bits per heavy atom. The Balaban J connectivity index is 2.15. The van der Waals surface area contributed by atoms with E-state index in [0.29, 0.717) is 18.0 Å². The summed E-state index contributed by atoms with van der Waals surface area (Å²) in [5.74, 6) is 0.596. The Kier molecular flexibility index (Phi) is 3.58. The standard InChI is InChI=1S/C10H15N5O3S/c1-3-15-6-9(10(11)13-15)19(16,17)12-5-8-4-7(2)18-14-8/h4,6,12H,3,5H2,1-2H3,(H2,11,13). The summed E-state index contributed by atoms with van der Waals surface area (Å²) in [6.07, 6.45) is 1.39. The highest BCUT2D eigenvalue weighted by atomic mass is 32.2. The van der Waals surface area contributed by atoms with Crippen LogP contribution >= 0.6 is 0 Å². The molecule has 3 N–H and O–H groups in total. The molecule has 0 radical (unpaired) electrons. The molecule has 104 valence electrons. The summed E-state index contributed by atoms with van der Waals surface area (Å²) in [6, 6.07) is 1.65. The van der Waals surface area contributed by atoms with Crippen LogP contribution in [0, 0.1) is 6.92 Å². The highest BCUT2D eigenvalue weighted by Gasteiger charge is 2.21. The van der Waals surface area contributed by atoms with Gasteiger partial charge in [-0.3, -0.25) is 4.68 Å². The first kappa shape index (κ1) is 13.6. The third kappa shape index (κ3) is 2.93. The van der Waals surface area contributed by atoms with E-state index in [4.69, 9.17) is 10.3 Å². The Hall–Kier alpha value is -1.87. The maximum absolute atomic E-state index is 12.1. The van der Waals surface area contributed by atoms with Crippen molar-refractivity contribution in [3.63, 3.8) is 0 Å². The van der Waals surface area contributed by atoms with Crippen molar-refractivity contribution in [1.29, 1.82) is 0 Å². The Morgan fingerprint density at radius 3 is 2.79 bits per heavy atom. The maximum atomic E-state index is 12.1. The molecule has 0 aromatic carbocycles. The SMILES string of the molecule is CCn1cc(S(=O)(=O)NCc2cc(C)on2)c(N)n1. The van der Waals surface area contributed by atoms with Gasteiger partial charge in [0.25, 0.3) is 0 Å². The van der Waals surface area contributed by atoms with E-state index < -0.39 is 10.0 Å². The molecule has 0 saturated heterocycles. The van der Waals surface area contributed by atoms with Crippen molar-refractivity contribution < 1.29 is 12.9 Å². The molecule has 0 atom stereocenters. The molecule has 0 saturated carbocycles. The first-order valence-electron chi connectivity index (χ1n) is 5.67. The monoisotopic (exact) mass is 285 g/mol. The maximum Gasteiger partial charge on any atom is 0.246 e. The molecule has 0 aliphatic heterocycles. The van der Waals surface area contributed by atoms with Crippen LogP contribution in [0.1, 0.15) is 18.4 Å². The van der Waals surface area contributed by atoms with Crippen molar-refractivity contribution in [2.24, 2.45) is 0 Å². The zero-order valence-electron chi connectivity index (χ0n) is 10.6. The van der Waals surface area contributed by atoms with Gasteiger partial charge in [0.15, 0.2) is 5.82 Å². The molecule has 0 aliphatic carbocycles. The van der Waals surface area contributed by atoms with Crippen molar-refractivity contribution >= 4 is 15.8 Å². The number of hydrogen-bond donors (Lipinski definition) is 2. The van der Waals surface area contributed by atoms with Gasteiger partial charge in [0.2, 0.25) is 10.0 Å². The Labute approximate surface area is 110 Å². The number of rotatable bonds is 5. The fourth-order valence-electron chi connectivity index (χ4n) is 1.54. The molecule has 0 unspecified atom stereocenters. The first-order valence-corrected chi connectivity index (χ1v) is 7.15. The minimum Gasteiger partial charge on any atom is -0.381 e. The normalized spacial score (nSPS) is 11.9. The summed E-state index contributed by atoms with van der Waals surface area (Å²) in [7, 11) is -3.71. The van der Waals surface area contributed by atoms with Gasteiger partial charge in [-0.2, -0.15) is 5.10 Å². The number of anilines is 1. The van der Waals surface area contributed by atoms with E-state index in [-0.39, 0.29) is 17.3 Å². The van der Waals surface area contributed by atoms with Crippen molar-refractivity contribution in [2.75, 3.05) is 5.73 Å². The number of hydrogen-bond acceptors (Lipinski definition) is 6. The van der Waals surface area contributed by atoms with Gasteiger partial charge in [0.05, 0.1) is 12.2 Å². The molecule has 2 rings (SSSR count). The van der Waals surface area contributed by atoms with Crippen molar-refractivity contribution in [3.8, 4) is 0 Å². The van der Waals surface area contributed by atoms with E-state index in [1.54, 1.807) is 13.0 Å². The fourth-order valence-corrected chi connectivity index (χ4v) is 2.61. The molecule has 0 amide bonds. The molecular weight excluding hydrogens is 270 g/mol. The number of sulfonamides is 1. The summed E-state index contributed by atoms with van der Waals surface area (Å²) in [6.45, 7) is 4.15. The molecular formula is C10H15N5O3S. The molecule has 0 bridgehead atoms. The van der Waals surface area contributed by atoms with Crippen LogP contribution in [0.15, 0.2) is 21.7 Å². The number of nitrogens with two attached hydrogens (primary N) is 1. The predicted molar refractivity (Wildman–Crippen MR) is 67.6 cm³/mol. The predicted octanol–water partition coefficient (Wildman–Crippen LogP) is 0.260. The molecule has 9 heteroatoms. The van der Waals surface area contributed by atoms with Crippen molar-refractivity contribution in [2.45, 2.75) is 31.8 Å². The average Bonchev–Trinajstić information content (AvgIpc) is 2.93. The smallest absolute Gasteiger partial charge is 0.246 e. The lowest BCUT2D eigenvalue weighted by Gasteiger charge is -2.02. The summed E-state index contributed by atoms with van der Waals surface area (Å²) in [4.78, 5) is -0.0328. The Bertz CT molecular complexity index is 673. The second-order valence-electron chi connectivity index (χ2n) is 3.99. The lowest BCUT2D eigenvalue weighted by molar-refractivity contribution is 0.390. The lowest BCUT2D eigenvalue weighted by atomic mass is 10.4. The largest absolute Gasteiger partial charge is 0.381 e. The van der Waals surface area contributed by atoms with E-state index in [9.17, 15) is 8.42 Å². The summed E-state index contributed by atoms with van der Waals surface area (Å²) in [5, 5.41) is 7.60. The number of aryl methyl sites for hydroxylation is 2. The number of nitrogen functional groups attached to an aromatic ring is 1. The summed E-state index contributed by atoms with van der Waals surface area (Å²) >= 11 is 0. The van der Waals surface area contributed by atoms with Crippen LogP contribution in [-0.4, -0.2) is 23.4 Å². The minimum atomic E-state index is -3.71. The second kappa shape index (κ2) is 5.02. The lowest BCUT2D eigenvalue weighted by Crippen LogP contribution is -2.23. The van der Waals surface area contributed by atoms with Crippen LogP contribution in [-0.2, 0) is 23.1 Å². The minimum absolute atomic E-state index is 0.0225. The van der Waals surface area contributed by atoms with Gasteiger partial charge in [-0.05, 0) is 13.8 Å². The van der Waals surface area contributed by atoms with Crippen LogP contribution in [0.25, 0.3) is 0 Å². The van der Waals surface area contributed by atoms with Crippen LogP contribution in [0.2, 0.25) is 0 Å². The quantitative estimate of drug-likeness (QED) is 0.814. The number of nitrogens with one attached hydrogen (secondary N) is 1. The summed E-state index contributed by atoms with van der Waals surface area (Å²) in [5.41, 5.74) is 6.09. The third-order valence-corrected chi connectivity index (χ3v) is 3.91. The van der Waals surface area contributed by atoms with Crippen LogP contribution in [0.4, 0.5) is 5.82 Å². The van der Waals surface area contributed by atoms with Gasteiger partial charge in [-0.1, -0.05) is 5.16 Å². The molecule has 19 heavy (non-hydrogen) atoms. The van der Waals surface area contributed by atoms with Crippen LogP contribution in [0.5, 0.6) is 0 Å². The molecule has 8 nitrogen and oxygen atoms in total. The molecule has 2 aromatic heterocycles. The first-order chi connectivity index (χ1) is 8.92. The third-order valence-electron chi connectivity index (χ3n) is 2.49. The highest BCUT2D eigenvalue weighted by Crippen LogP contribution is 2.16. The van der Waals surface area contributed by atoms with E-state index in [0.717, 1.165) is 0 Å². The molecule has 0 fully saturated rings. The van der Waals surface area contributed by atoms with E-state index in [1.165, 1.54) is 10.9 Å². The van der Waals surface area contributed by atoms with Gasteiger partial charge in [-0.25, -0.2) is 13.1 Å². The fraction of sp³-hybridized carbons (Fsp3) is 0.400. The topological polar surface area (TPSA) is 116 Å². The van der Waals surface area contributed by atoms with E-state index >= 15 is 0 Å². The van der Waals surface area contributed by atoms with Crippen molar-refractivity contribution in [1.82, 2.24) is 19.7 Å². The van der Waals surface area contributed by atoms with E-state index in [1.807, 2.05) is 6.92 Å². The van der Waals surface area contributed by atoms with Gasteiger partial charge in [0.1, 0.15) is 10.7 Å². The Morgan fingerprint density at radius 2 is 2.26 bits per heavy atom.